The monoisotopic (exact) mass is 231 g/mol. The minimum atomic E-state index is -1.56. The third-order valence-corrected chi connectivity index (χ3v) is 2.12. The molecule has 0 aromatic carbocycles. The first-order valence-corrected chi connectivity index (χ1v) is 4.89. The van der Waals surface area contributed by atoms with E-state index in [0.29, 0.717) is 18.2 Å². The number of carbonyl (C=O) groups is 2. The van der Waals surface area contributed by atoms with Gasteiger partial charge in [0, 0.05) is 6.61 Å². The molecule has 1 aromatic heterocycles. The first-order chi connectivity index (χ1) is 7.13. The van der Waals surface area contributed by atoms with Crippen LogP contribution >= 0.6 is 11.3 Å². The number of nitrogens with zero attached hydrogens (tertiary/aromatic N) is 2. The predicted molar refractivity (Wildman–Crippen MR) is 51.5 cm³/mol. The molecule has 0 atom stereocenters. The molecule has 0 aliphatic rings. The fourth-order valence-corrected chi connectivity index (χ4v) is 1.37. The lowest BCUT2D eigenvalue weighted by Gasteiger charge is -1.94. The third-order valence-electron chi connectivity index (χ3n) is 1.31. The van der Waals surface area contributed by atoms with Crippen LogP contribution in [0.2, 0.25) is 0 Å². The Hall–Kier alpha value is -1.54. The molecule has 1 amide bonds. The van der Waals surface area contributed by atoms with Gasteiger partial charge in [-0.15, -0.1) is 10.2 Å². The van der Waals surface area contributed by atoms with Crippen molar-refractivity contribution in [3.8, 4) is 0 Å². The maximum absolute atomic E-state index is 10.7. The van der Waals surface area contributed by atoms with Crippen molar-refractivity contribution >= 4 is 28.3 Å². The standard InChI is InChI=1S/C7H9N3O4S/c1-2-14-3-4-9-10-7(15-4)8-5(11)6(12)13/h2-3H2,1H3,(H,12,13)(H,8,10,11). The predicted octanol–water partition coefficient (Wildman–Crippen LogP) is 0.0977. The zero-order chi connectivity index (χ0) is 11.3. The van der Waals surface area contributed by atoms with Crippen molar-refractivity contribution in [2.45, 2.75) is 13.5 Å². The molecule has 7 nitrogen and oxygen atoms in total. The lowest BCUT2D eigenvalue weighted by molar-refractivity contribution is -0.147. The molecule has 0 aliphatic heterocycles. The van der Waals surface area contributed by atoms with E-state index in [-0.39, 0.29) is 5.13 Å². The molecule has 0 unspecified atom stereocenters. The molecule has 0 radical (unpaired) electrons. The number of hydrogen-bond acceptors (Lipinski definition) is 6. The van der Waals surface area contributed by atoms with Gasteiger partial charge in [-0.3, -0.25) is 10.1 Å². The number of aromatic nitrogens is 2. The summed E-state index contributed by atoms with van der Waals surface area (Å²) in [6, 6.07) is 0. The number of anilines is 1. The maximum Gasteiger partial charge on any atom is 0.394 e. The Kier molecular flexibility index (Phi) is 4.13. The highest BCUT2D eigenvalue weighted by molar-refractivity contribution is 7.15. The molecule has 0 saturated heterocycles. The van der Waals surface area contributed by atoms with Crippen molar-refractivity contribution in [2.24, 2.45) is 0 Å². The highest BCUT2D eigenvalue weighted by Gasteiger charge is 2.13. The van der Waals surface area contributed by atoms with E-state index in [1.54, 1.807) is 0 Å². The van der Waals surface area contributed by atoms with Crippen molar-refractivity contribution in [1.29, 1.82) is 0 Å². The molecule has 0 spiro atoms. The SMILES string of the molecule is CCOCc1nnc(NC(=O)C(=O)O)s1. The third kappa shape index (κ3) is 3.60. The van der Waals surface area contributed by atoms with Gasteiger partial charge >= 0.3 is 11.9 Å². The summed E-state index contributed by atoms with van der Waals surface area (Å²) in [6.07, 6.45) is 0. The van der Waals surface area contributed by atoms with Crippen LogP contribution in [-0.4, -0.2) is 33.8 Å². The fraction of sp³-hybridized carbons (Fsp3) is 0.429. The second kappa shape index (κ2) is 5.37. The number of ether oxygens (including phenoxy) is 1. The van der Waals surface area contributed by atoms with E-state index in [0.717, 1.165) is 11.3 Å². The lowest BCUT2D eigenvalue weighted by Crippen LogP contribution is -2.21. The Balaban J connectivity index is 2.52. The van der Waals surface area contributed by atoms with Crippen LogP contribution in [0.15, 0.2) is 0 Å². The Morgan fingerprint density at radius 3 is 2.87 bits per heavy atom. The molecule has 0 aliphatic carbocycles. The second-order valence-corrected chi connectivity index (χ2v) is 3.46. The highest BCUT2D eigenvalue weighted by Crippen LogP contribution is 2.15. The van der Waals surface area contributed by atoms with Crippen molar-refractivity contribution in [2.75, 3.05) is 11.9 Å². The Morgan fingerprint density at radius 1 is 1.53 bits per heavy atom. The molecule has 0 fully saturated rings. The summed E-state index contributed by atoms with van der Waals surface area (Å²) in [4.78, 5) is 20.9. The van der Waals surface area contributed by atoms with E-state index in [1.165, 1.54) is 0 Å². The summed E-state index contributed by atoms with van der Waals surface area (Å²) in [5.74, 6) is -2.69. The average molecular weight is 231 g/mol. The summed E-state index contributed by atoms with van der Waals surface area (Å²) >= 11 is 1.08. The molecule has 82 valence electrons. The Bertz CT molecular complexity index is 365. The number of carboxylic acids is 1. The zero-order valence-electron chi connectivity index (χ0n) is 7.89. The van der Waals surface area contributed by atoms with Gasteiger partial charge < -0.3 is 9.84 Å². The molecule has 8 heteroatoms. The minimum absolute atomic E-state index is 0.150. The van der Waals surface area contributed by atoms with Gasteiger partial charge in [-0.25, -0.2) is 4.79 Å². The van der Waals surface area contributed by atoms with Gasteiger partial charge in [-0.2, -0.15) is 0 Å². The molecule has 1 rings (SSSR count). The van der Waals surface area contributed by atoms with E-state index < -0.39 is 11.9 Å². The summed E-state index contributed by atoms with van der Waals surface area (Å²) < 4.78 is 5.06. The number of nitrogens with one attached hydrogen (secondary N) is 1. The largest absolute Gasteiger partial charge is 0.474 e. The average Bonchev–Trinajstić information content (AvgIpc) is 2.62. The van der Waals surface area contributed by atoms with Crippen molar-refractivity contribution in [1.82, 2.24) is 10.2 Å². The molecular weight excluding hydrogens is 222 g/mol. The number of rotatable bonds is 4. The van der Waals surface area contributed by atoms with Gasteiger partial charge in [0.2, 0.25) is 5.13 Å². The quantitative estimate of drug-likeness (QED) is 0.712. The summed E-state index contributed by atoms with van der Waals surface area (Å²) in [5, 5.41) is 18.4. The first kappa shape index (κ1) is 11.5. The molecule has 15 heavy (non-hydrogen) atoms. The van der Waals surface area contributed by atoms with E-state index in [4.69, 9.17) is 9.84 Å². The Labute approximate surface area is 89.1 Å². The van der Waals surface area contributed by atoms with E-state index >= 15 is 0 Å². The smallest absolute Gasteiger partial charge is 0.394 e. The highest BCUT2D eigenvalue weighted by atomic mass is 32.1. The first-order valence-electron chi connectivity index (χ1n) is 4.08. The number of aliphatic carboxylic acids is 1. The molecule has 2 N–H and O–H groups in total. The van der Waals surface area contributed by atoms with Crippen LogP contribution < -0.4 is 5.32 Å². The normalized spacial score (nSPS) is 9.93. The number of carbonyl (C=O) groups excluding carboxylic acids is 1. The Morgan fingerprint density at radius 2 is 2.27 bits per heavy atom. The molecular formula is C7H9N3O4S. The minimum Gasteiger partial charge on any atom is -0.474 e. The molecule has 1 heterocycles. The van der Waals surface area contributed by atoms with Crippen molar-refractivity contribution in [3.63, 3.8) is 0 Å². The summed E-state index contributed by atoms with van der Waals surface area (Å²) in [5.41, 5.74) is 0. The van der Waals surface area contributed by atoms with Gasteiger partial charge in [0.15, 0.2) is 0 Å². The van der Waals surface area contributed by atoms with Crippen molar-refractivity contribution in [3.05, 3.63) is 5.01 Å². The summed E-state index contributed by atoms with van der Waals surface area (Å²) in [6.45, 7) is 2.70. The van der Waals surface area contributed by atoms with E-state index in [9.17, 15) is 9.59 Å². The van der Waals surface area contributed by atoms with Crippen molar-refractivity contribution < 1.29 is 19.4 Å². The van der Waals surface area contributed by atoms with Crippen LogP contribution in [0.3, 0.4) is 0 Å². The van der Waals surface area contributed by atoms with Gasteiger partial charge in [-0.05, 0) is 6.92 Å². The van der Waals surface area contributed by atoms with E-state index in [2.05, 4.69) is 15.5 Å². The van der Waals surface area contributed by atoms with Crippen LogP contribution in [0, 0.1) is 0 Å². The van der Waals surface area contributed by atoms with Gasteiger partial charge in [0.25, 0.3) is 0 Å². The maximum atomic E-state index is 10.7. The number of amides is 1. The van der Waals surface area contributed by atoms with Crippen LogP contribution in [0.4, 0.5) is 5.13 Å². The van der Waals surface area contributed by atoms with Crippen LogP contribution in [0.1, 0.15) is 11.9 Å². The van der Waals surface area contributed by atoms with E-state index in [1.807, 2.05) is 6.92 Å². The lowest BCUT2D eigenvalue weighted by atomic mass is 10.6. The summed E-state index contributed by atoms with van der Waals surface area (Å²) in [7, 11) is 0. The molecule has 0 bridgehead atoms. The second-order valence-electron chi connectivity index (χ2n) is 2.40. The number of hydrogen-bond donors (Lipinski definition) is 2. The fourth-order valence-electron chi connectivity index (χ4n) is 0.702. The van der Waals surface area contributed by atoms with Gasteiger partial charge in [-0.1, -0.05) is 11.3 Å². The number of carboxylic acid groups (broad SMARTS) is 1. The van der Waals surface area contributed by atoms with Gasteiger partial charge in [0.1, 0.15) is 11.6 Å². The van der Waals surface area contributed by atoms with Crippen LogP contribution in [0.5, 0.6) is 0 Å². The topological polar surface area (TPSA) is 101 Å². The molecule has 0 saturated carbocycles. The van der Waals surface area contributed by atoms with Gasteiger partial charge in [0.05, 0.1) is 0 Å². The zero-order valence-corrected chi connectivity index (χ0v) is 8.71. The van der Waals surface area contributed by atoms with Crippen LogP contribution in [0.25, 0.3) is 0 Å². The van der Waals surface area contributed by atoms with Crippen LogP contribution in [-0.2, 0) is 20.9 Å². The molecule has 1 aromatic rings.